The standard InChI is InChI=1S/C19H25N5O3/c1-23(11-14-10-16(25)22-19(20)21-14)15-8-9-24(12-15)18(26)17(27-2)13-6-4-3-5-7-13/h3-7,10,15,17H,8-9,11-12H2,1-2H3,(H3,20,21,22,25)/t15-,17-/m1/s1. The van der Waals surface area contributed by atoms with Crippen LogP contribution < -0.4 is 11.3 Å². The van der Waals surface area contributed by atoms with Crippen LogP contribution in [0, 0.1) is 0 Å². The van der Waals surface area contributed by atoms with Crippen LogP contribution in [0.3, 0.4) is 0 Å². The molecule has 1 aliphatic heterocycles. The lowest BCUT2D eigenvalue weighted by Gasteiger charge is -2.26. The predicted molar refractivity (Wildman–Crippen MR) is 102 cm³/mol. The van der Waals surface area contributed by atoms with Gasteiger partial charge in [0, 0.05) is 38.9 Å². The molecule has 2 heterocycles. The van der Waals surface area contributed by atoms with Gasteiger partial charge in [-0.15, -0.1) is 0 Å². The van der Waals surface area contributed by atoms with Gasteiger partial charge in [-0.05, 0) is 19.0 Å². The van der Waals surface area contributed by atoms with Crippen LogP contribution in [0.4, 0.5) is 5.95 Å². The molecule has 1 saturated heterocycles. The molecule has 3 N–H and O–H groups in total. The Morgan fingerprint density at radius 1 is 1.44 bits per heavy atom. The van der Waals surface area contributed by atoms with E-state index in [2.05, 4.69) is 14.9 Å². The number of hydrogen-bond acceptors (Lipinski definition) is 6. The molecule has 2 aromatic rings. The first-order valence-electron chi connectivity index (χ1n) is 8.90. The van der Waals surface area contributed by atoms with E-state index in [1.54, 1.807) is 7.11 Å². The zero-order valence-electron chi connectivity index (χ0n) is 15.6. The number of aromatic nitrogens is 2. The first-order chi connectivity index (χ1) is 13.0. The third-order valence-corrected chi connectivity index (χ3v) is 4.89. The summed E-state index contributed by atoms with van der Waals surface area (Å²) in [5.41, 5.74) is 6.80. The quantitative estimate of drug-likeness (QED) is 0.777. The van der Waals surface area contributed by atoms with E-state index in [-0.39, 0.29) is 23.5 Å². The summed E-state index contributed by atoms with van der Waals surface area (Å²) in [6.07, 6.45) is 0.260. The number of carbonyl (C=O) groups is 1. The number of nitrogens with two attached hydrogens (primary N) is 1. The van der Waals surface area contributed by atoms with E-state index < -0.39 is 6.10 Å². The first-order valence-corrected chi connectivity index (χ1v) is 8.90. The molecule has 1 aromatic heterocycles. The van der Waals surface area contributed by atoms with Crippen molar-refractivity contribution >= 4 is 11.9 Å². The van der Waals surface area contributed by atoms with Crippen molar-refractivity contribution in [1.82, 2.24) is 19.8 Å². The Balaban J connectivity index is 1.63. The fraction of sp³-hybridized carbons (Fsp3) is 0.421. The molecule has 27 heavy (non-hydrogen) atoms. The molecule has 1 aromatic carbocycles. The number of methoxy groups -OCH3 is 1. The molecule has 0 saturated carbocycles. The summed E-state index contributed by atoms with van der Waals surface area (Å²) in [7, 11) is 3.51. The fourth-order valence-electron chi connectivity index (χ4n) is 3.47. The van der Waals surface area contributed by atoms with Crippen LogP contribution in [-0.4, -0.2) is 59.0 Å². The first kappa shape index (κ1) is 19.1. The Hall–Kier alpha value is -2.71. The molecule has 0 spiro atoms. The average Bonchev–Trinajstić information content (AvgIpc) is 3.12. The van der Waals surface area contributed by atoms with Crippen LogP contribution in [0.5, 0.6) is 0 Å². The van der Waals surface area contributed by atoms with Gasteiger partial charge >= 0.3 is 0 Å². The molecule has 1 aliphatic rings. The number of nitrogens with zero attached hydrogens (tertiary/aromatic N) is 3. The minimum absolute atomic E-state index is 0.0295. The van der Waals surface area contributed by atoms with Gasteiger partial charge in [0.25, 0.3) is 11.5 Å². The Labute approximate surface area is 158 Å². The number of hydrogen-bond donors (Lipinski definition) is 2. The lowest BCUT2D eigenvalue weighted by Crippen LogP contribution is -2.38. The third-order valence-electron chi connectivity index (χ3n) is 4.89. The van der Waals surface area contributed by atoms with Crippen LogP contribution in [0.25, 0.3) is 0 Å². The second-order valence-corrected chi connectivity index (χ2v) is 6.79. The van der Waals surface area contributed by atoms with Crippen molar-refractivity contribution < 1.29 is 9.53 Å². The van der Waals surface area contributed by atoms with E-state index in [1.807, 2.05) is 42.3 Å². The molecular weight excluding hydrogens is 346 g/mol. The molecule has 0 bridgehead atoms. The predicted octanol–water partition coefficient (Wildman–Crippen LogP) is 0.773. The molecule has 144 valence electrons. The normalized spacial score (nSPS) is 18.0. The topological polar surface area (TPSA) is 105 Å². The van der Waals surface area contributed by atoms with Crippen LogP contribution in [0.2, 0.25) is 0 Å². The highest BCUT2D eigenvalue weighted by Gasteiger charge is 2.33. The molecule has 1 amide bonds. The maximum absolute atomic E-state index is 12.9. The number of rotatable bonds is 6. The van der Waals surface area contributed by atoms with Gasteiger partial charge in [-0.3, -0.25) is 19.5 Å². The largest absolute Gasteiger partial charge is 0.369 e. The number of likely N-dealkylation sites (tertiary alicyclic amines) is 1. The van der Waals surface area contributed by atoms with E-state index in [1.165, 1.54) is 6.07 Å². The fourth-order valence-corrected chi connectivity index (χ4v) is 3.47. The highest BCUT2D eigenvalue weighted by molar-refractivity contribution is 5.82. The molecule has 0 unspecified atom stereocenters. The Morgan fingerprint density at radius 3 is 2.85 bits per heavy atom. The van der Waals surface area contributed by atoms with Crippen LogP contribution in [-0.2, 0) is 16.1 Å². The number of carbonyl (C=O) groups excluding carboxylic acids is 1. The zero-order valence-corrected chi connectivity index (χ0v) is 15.6. The molecule has 0 aliphatic carbocycles. The summed E-state index contributed by atoms with van der Waals surface area (Å²) in [6.45, 7) is 1.78. The van der Waals surface area contributed by atoms with Gasteiger partial charge in [0.05, 0.1) is 5.69 Å². The third kappa shape index (κ3) is 4.53. The number of nitrogen functional groups attached to an aromatic ring is 1. The second kappa shape index (κ2) is 8.32. The smallest absolute Gasteiger partial charge is 0.256 e. The van der Waals surface area contributed by atoms with E-state index in [0.717, 1.165) is 12.0 Å². The molecule has 3 rings (SSSR count). The molecule has 1 fully saturated rings. The Morgan fingerprint density at radius 2 is 2.19 bits per heavy atom. The van der Waals surface area contributed by atoms with Crippen LogP contribution >= 0.6 is 0 Å². The zero-order chi connectivity index (χ0) is 19.4. The minimum atomic E-state index is -0.593. The average molecular weight is 371 g/mol. The molecule has 8 heteroatoms. The molecule has 2 atom stereocenters. The Kier molecular flexibility index (Phi) is 5.88. The van der Waals surface area contributed by atoms with Gasteiger partial charge in [-0.2, -0.15) is 0 Å². The number of aromatic amines is 1. The number of ether oxygens (including phenoxy) is 1. The van der Waals surface area contributed by atoms with Crippen molar-refractivity contribution in [1.29, 1.82) is 0 Å². The maximum atomic E-state index is 12.9. The van der Waals surface area contributed by atoms with Crippen molar-refractivity contribution in [3.05, 3.63) is 58.0 Å². The monoisotopic (exact) mass is 371 g/mol. The maximum Gasteiger partial charge on any atom is 0.256 e. The molecule has 8 nitrogen and oxygen atoms in total. The van der Waals surface area contributed by atoms with E-state index >= 15 is 0 Å². The van der Waals surface area contributed by atoms with E-state index in [9.17, 15) is 9.59 Å². The minimum Gasteiger partial charge on any atom is -0.369 e. The number of H-pyrrole nitrogens is 1. The molecule has 0 radical (unpaired) electrons. The van der Waals surface area contributed by atoms with E-state index in [0.29, 0.717) is 25.3 Å². The lowest BCUT2D eigenvalue weighted by molar-refractivity contribution is -0.141. The van der Waals surface area contributed by atoms with Crippen molar-refractivity contribution in [2.24, 2.45) is 0 Å². The number of nitrogens with one attached hydrogen (secondary N) is 1. The van der Waals surface area contributed by atoms with Crippen molar-refractivity contribution in [2.45, 2.75) is 25.1 Å². The van der Waals surface area contributed by atoms with Crippen molar-refractivity contribution in [3.8, 4) is 0 Å². The molecular formula is C19H25N5O3. The number of amides is 1. The second-order valence-electron chi connectivity index (χ2n) is 6.79. The van der Waals surface area contributed by atoms with Gasteiger partial charge < -0.3 is 15.4 Å². The van der Waals surface area contributed by atoms with E-state index in [4.69, 9.17) is 10.5 Å². The van der Waals surface area contributed by atoms with Crippen molar-refractivity contribution in [3.63, 3.8) is 0 Å². The summed E-state index contributed by atoms with van der Waals surface area (Å²) in [5, 5.41) is 0. The summed E-state index contributed by atoms with van der Waals surface area (Å²) >= 11 is 0. The lowest BCUT2D eigenvalue weighted by atomic mass is 10.1. The number of likely N-dealkylation sites (N-methyl/N-ethyl adjacent to an activating group) is 1. The van der Waals surface area contributed by atoms with Gasteiger partial charge in [0.2, 0.25) is 5.95 Å². The summed E-state index contributed by atoms with van der Waals surface area (Å²) in [5.74, 6) is 0.0815. The van der Waals surface area contributed by atoms with Crippen molar-refractivity contribution in [2.75, 3.05) is 33.0 Å². The number of benzene rings is 1. The Bertz CT molecular complexity index is 839. The van der Waals surface area contributed by atoms with Crippen LogP contribution in [0.15, 0.2) is 41.2 Å². The SMILES string of the molecule is CO[C@@H](C(=O)N1CC[C@@H](N(C)Cc2cc(=O)[nH]c(N)n2)C1)c1ccccc1. The summed E-state index contributed by atoms with van der Waals surface area (Å²) in [4.78, 5) is 35.0. The van der Waals surface area contributed by atoms with Gasteiger partial charge in [-0.25, -0.2) is 4.98 Å². The summed E-state index contributed by atoms with van der Waals surface area (Å²) in [6, 6.07) is 11.1. The highest BCUT2D eigenvalue weighted by atomic mass is 16.5. The highest BCUT2D eigenvalue weighted by Crippen LogP contribution is 2.23. The van der Waals surface area contributed by atoms with Gasteiger partial charge in [0.1, 0.15) is 0 Å². The van der Waals surface area contributed by atoms with Gasteiger partial charge in [-0.1, -0.05) is 30.3 Å². The summed E-state index contributed by atoms with van der Waals surface area (Å²) < 4.78 is 5.46. The van der Waals surface area contributed by atoms with Crippen LogP contribution in [0.1, 0.15) is 23.8 Å². The van der Waals surface area contributed by atoms with Gasteiger partial charge in [0.15, 0.2) is 6.10 Å². The number of anilines is 1.